The lowest BCUT2D eigenvalue weighted by molar-refractivity contribution is 0.270. The van der Waals surface area contributed by atoms with Crippen LogP contribution in [0, 0.1) is 0 Å². The topological polar surface area (TPSA) is 12.5 Å². The van der Waals surface area contributed by atoms with Crippen molar-refractivity contribution in [3.05, 3.63) is 41.0 Å². The number of ether oxygens (including phenoxy) is 1. The van der Waals surface area contributed by atoms with Crippen LogP contribution in [0.15, 0.2) is 41.0 Å². The summed E-state index contributed by atoms with van der Waals surface area (Å²) in [5, 5.41) is 0. The van der Waals surface area contributed by atoms with Crippen LogP contribution in [0.1, 0.15) is 0 Å². The van der Waals surface area contributed by atoms with Crippen LogP contribution in [0.25, 0.3) is 0 Å². The first-order valence-electron chi connectivity index (χ1n) is 4.04. The van der Waals surface area contributed by atoms with E-state index in [2.05, 4.69) is 15.9 Å². The van der Waals surface area contributed by atoms with Gasteiger partial charge in [0, 0.05) is 18.6 Å². The van der Waals surface area contributed by atoms with Crippen molar-refractivity contribution < 1.29 is 9.13 Å². The van der Waals surface area contributed by atoms with Gasteiger partial charge < -0.3 is 9.64 Å². The molecule has 0 aliphatic heterocycles. The summed E-state index contributed by atoms with van der Waals surface area (Å²) in [5.74, 6) is 0.764. The Kier molecular flexibility index (Phi) is 3.95. The average molecular weight is 260 g/mol. The Morgan fingerprint density at radius 2 is 2.21 bits per heavy atom. The van der Waals surface area contributed by atoms with Crippen LogP contribution in [0.2, 0.25) is 0 Å². The van der Waals surface area contributed by atoms with Crippen LogP contribution in [-0.2, 0) is 0 Å². The van der Waals surface area contributed by atoms with Gasteiger partial charge in [-0.25, -0.2) is 4.39 Å². The van der Waals surface area contributed by atoms with Crippen LogP contribution in [-0.4, -0.2) is 19.0 Å². The lowest BCUT2D eigenvalue weighted by Gasteiger charge is -2.15. The second-order valence-electron chi connectivity index (χ2n) is 2.90. The van der Waals surface area contributed by atoms with Crippen molar-refractivity contribution in [2.45, 2.75) is 0 Å². The molecule has 4 heteroatoms. The van der Waals surface area contributed by atoms with E-state index < -0.39 is 0 Å². The maximum atomic E-state index is 12.4. The number of halogens is 2. The van der Waals surface area contributed by atoms with Gasteiger partial charge in [-0.3, -0.25) is 0 Å². The van der Waals surface area contributed by atoms with Gasteiger partial charge in [0.25, 0.3) is 0 Å². The molecule has 1 aromatic carbocycles. The van der Waals surface area contributed by atoms with E-state index in [0.717, 1.165) is 4.47 Å². The van der Waals surface area contributed by atoms with Crippen molar-refractivity contribution in [2.24, 2.45) is 0 Å². The largest absolute Gasteiger partial charge is 0.439 e. The number of benzene rings is 1. The molecule has 0 saturated heterocycles. The van der Waals surface area contributed by atoms with Crippen LogP contribution in [0.4, 0.5) is 4.39 Å². The van der Waals surface area contributed by atoms with Crippen LogP contribution < -0.4 is 4.74 Å². The Labute approximate surface area is 91.1 Å². The molecule has 1 rings (SSSR count). The molecule has 0 aliphatic rings. The zero-order chi connectivity index (χ0) is 10.6. The molecule has 2 nitrogen and oxygen atoms in total. The molecule has 0 heterocycles. The lowest BCUT2D eigenvalue weighted by Crippen LogP contribution is -2.15. The molecule has 0 aliphatic carbocycles. The first-order chi connectivity index (χ1) is 6.63. The van der Waals surface area contributed by atoms with Gasteiger partial charge in [-0.1, -0.05) is 22.0 Å². The predicted octanol–water partition coefficient (Wildman–Crippen LogP) is 3.16. The second kappa shape index (κ2) is 5.00. The summed E-state index contributed by atoms with van der Waals surface area (Å²) in [6, 6.07) is 7.23. The molecule has 0 aromatic heterocycles. The van der Waals surface area contributed by atoms with E-state index in [4.69, 9.17) is 4.74 Å². The number of rotatable bonds is 3. The standard InChI is InChI=1S/C10H11BrFNO/c1-13(2)10(7-12)14-9-5-3-4-8(11)6-9/h3-7H,1-2H3. The van der Waals surface area contributed by atoms with Crippen LogP contribution >= 0.6 is 15.9 Å². The summed E-state index contributed by atoms with van der Waals surface area (Å²) in [5.41, 5.74) is 0. The van der Waals surface area contributed by atoms with E-state index in [1.54, 1.807) is 31.1 Å². The summed E-state index contributed by atoms with van der Waals surface area (Å²) >= 11 is 3.30. The fourth-order valence-corrected chi connectivity index (χ4v) is 1.24. The summed E-state index contributed by atoms with van der Waals surface area (Å²) in [6.45, 7) is 0. The Bertz CT molecular complexity index is 339. The van der Waals surface area contributed by atoms with E-state index in [1.165, 1.54) is 0 Å². The summed E-state index contributed by atoms with van der Waals surface area (Å²) < 4.78 is 18.5. The quantitative estimate of drug-likeness (QED) is 0.774. The van der Waals surface area contributed by atoms with Gasteiger partial charge in [-0.05, 0) is 18.2 Å². The molecule has 0 fully saturated rings. The molecule has 0 atom stereocenters. The van der Waals surface area contributed by atoms with E-state index >= 15 is 0 Å². The Morgan fingerprint density at radius 3 is 2.71 bits per heavy atom. The van der Waals surface area contributed by atoms with E-state index in [1.807, 2.05) is 12.1 Å². The van der Waals surface area contributed by atoms with Crippen molar-refractivity contribution in [1.29, 1.82) is 0 Å². The van der Waals surface area contributed by atoms with E-state index in [0.29, 0.717) is 12.1 Å². The average Bonchev–Trinajstić information content (AvgIpc) is 2.14. The first kappa shape index (κ1) is 11.0. The van der Waals surface area contributed by atoms with Crippen LogP contribution in [0.3, 0.4) is 0 Å². The van der Waals surface area contributed by atoms with E-state index in [9.17, 15) is 4.39 Å². The molecular weight excluding hydrogens is 249 g/mol. The highest BCUT2D eigenvalue weighted by atomic mass is 79.9. The number of hydrogen-bond acceptors (Lipinski definition) is 2. The third-order valence-electron chi connectivity index (χ3n) is 1.55. The highest BCUT2D eigenvalue weighted by Gasteiger charge is 2.03. The van der Waals surface area contributed by atoms with Crippen molar-refractivity contribution >= 4 is 15.9 Å². The fraction of sp³-hybridized carbons (Fsp3) is 0.200. The Balaban J connectivity index is 2.78. The maximum Gasteiger partial charge on any atom is 0.224 e. The summed E-state index contributed by atoms with van der Waals surface area (Å²) in [6.07, 6.45) is 0.431. The van der Waals surface area contributed by atoms with Crippen LogP contribution in [0.5, 0.6) is 5.75 Å². The molecule has 76 valence electrons. The first-order valence-corrected chi connectivity index (χ1v) is 4.84. The van der Waals surface area contributed by atoms with Crippen molar-refractivity contribution in [1.82, 2.24) is 4.90 Å². The molecule has 14 heavy (non-hydrogen) atoms. The fourth-order valence-electron chi connectivity index (χ4n) is 0.862. The maximum absolute atomic E-state index is 12.4. The molecule has 0 bridgehead atoms. The molecule has 0 unspecified atom stereocenters. The van der Waals surface area contributed by atoms with Gasteiger partial charge in [0.05, 0.1) is 0 Å². The number of nitrogens with zero attached hydrogens (tertiary/aromatic N) is 1. The second-order valence-corrected chi connectivity index (χ2v) is 3.82. The molecule has 1 aromatic rings. The minimum Gasteiger partial charge on any atom is -0.439 e. The van der Waals surface area contributed by atoms with E-state index in [-0.39, 0.29) is 5.88 Å². The van der Waals surface area contributed by atoms with Gasteiger partial charge in [-0.15, -0.1) is 0 Å². The van der Waals surface area contributed by atoms with Gasteiger partial charge in [-0.2, -0.15) is 0 Å². The minimum absolute atomic E-state index is 0.170. The monoisotopic (exact) mass is 259 g/mol. The molecule has 0 amide bonds. The smallest absolute Gasteiger partial charge is 0.224 e. The van der Waals surface area contributed by atoms with Gasteiger partial charge >= 0.3 is 0 Å². The normalized spacial score (nSPS) is 11.3. The molecule has 0 radical (unpaired) electrons. The van der Waals surface area contributed by atoms with Gasteiger partial charge in [0.15, 0.2) is 0 Å². The molecule has 0 saturated carbocycles. The minimum atomic E-state index is 0.170. The number of hydrogen-bond donors (Lipinski definition) is 0. The van der Waals surface area contributed by atoms with Gasteiger partial charge in [0.1, 0.15) is 12.1 Å². The lowest BCUT2D eigenvalue weighted by atomic mass is 10.3. The zero-order valence-corrected chi connectivity index (χ0v) is 9.58. The third kappa shape index (κ3) is 3.03. The predicted molar refractivity (Wildman–Crippen MR) is 57.6 cm³/mol. The summed E-state index contributed by atoms with van der Waals surface area (Å²) in [7, 11) is 3.42. The molecule has 0 N–H and O–H groups in total. The van der Waals surface area contributed by atoms with Crippen molar-refractivity contribution in [3.63, 3.8) is 0 Å². The summed E-state index contributed by atoms with van der Waals surface area (Å²) in [4.78, 5) is 1.56. The van der Waals surface area contributed by atoms with Crippen molar-refractivity contribution in [2.75, 3.05) is 14.1 Å². The van der Waals surface area contributed by atoms with Gasteiger partial charge in [0.2, 0.25) is 5.88 Å². The third-order valence-corrected chi connectivity index (χ3v) is 2.05. The SMILES string of the molecule is CN(C)C(=CF)Oc1cccc(Br)c1. The zero-order valence-electron chi connectivity index (χ0n) is 8.00. The molecular formula is C10H11BrFNO. The highest BCUT2D eigenvalue weighted by molar-refractivity contribution is 9.10. The Morgan fingerprint density at radius 1 is 1.50 bits per heavy atom. The Hall–Kier alpha value is -1.03. The van der Waals surface area contributed by atoms with Crippen molar-refractivity contribution in [3.8, 4) is 5.75 Å². The highest BCUT2D eigenvalue weighted by Crippen LogP contribution is 2.20. The molecule has 0 spiro atoms.